The number of fused-ring (bicyclic) bond motifs is 1. The predicted molar refractivity (Wildman–Crippen MR) is 82.1 cm³/mol. The lowest BCUT2D eigenvalue weighted by atomic mass is 10.1. The van der Waals surface area contributed by atoms with E-state index in [0.717, 1.165) is 27.2 Å². The second-order valence-corrected chi connectivity index (χ2v) is 5.95. The first-order valence-electron chi connectivity index (χ1n) is 6.56. The topological polar surface area (TPSA) is 69.6 Å². The average Bonchev–Trinajstić information content (AvgIpc) is 3.13. The molecule has 4 nitrogen and oxygen atoms in total. The number of thiophene rings is 1. The average molecular weight is 337 g/mol. The zero-order valence-corrected chi connectivity index (χ0v) is 12.4. The summed E-state index contributed by atoms with van der Waals surface area (Å²) < 4.78 is 36.9. The lowest BCUT2D eigenvalue weighted by molar-refractivity contribution is -0.121. The molecule has 8 heteroatoms. The molecule has 3 heterocycles. The third kappa shape index (κ3) is 3.16. The first-order chi connectivity index (χ1) is 10.8. The van der Waals surface area contributed by atoms with Crippen LogP contribution in [0.2, 0.25) is 0 Å². The molecule has 3 rings (SSSR count). The van der Waals surface area contributed by atoms with Crippen molar-refractivity contribution in [1.29, 1.82) is 5.41 Å². The summed E-state index contributed by atoms with van der Waals surface area (Å²) in [6.45, 7) is 0. The maximum Gasteiger partial charge on any atom is 0.394 e. The van der Waals surface area contributed by atoms with Crippen LogP contribution in [0.1, 0.15) is 16.1 Å². The molecule has 0 amide bonds. The fraction of sp³-hybridized carbons (Fsp3) is 0.133. The maximum absolute atomic E-state index is 12.3. The number of alkyl halides is 3. The largest absolute Gasteiger partial charge is 0.394 e. The van der Waals surface area contributed by atoms with E-state index in [1.54, 1.807) is 24.5 Å². The summed E-state index contributed by atoms with van der Waals surface area (Å²) in [6, 6.07) is 6.73. The summed E-state index contributed by atoms with van der Waals surface area (Å²) in [5.41, 5.74) is 0.573. The Morgan fingerprint density at radius 2 is 2.04 bits per heavy atom. The lowest BCUT2D eigenvalue weighted by Gasteiger charge is -2.05. The van der Waals surface area contributed by atoms with Crippen molar-refractivity contribution < 1.29 is 18.0 Å². The van der Waals surface area contributed by atoms with E-state index in [1.165, 1.54) is 6.07 Å². The zero-order chi connectivity index (χ0) is 16.6. The van der Waals surface area contributed by atoms with Crippen molar-refractivity contribution in [2.24, 2.45) is 0 Å². The lowest BCUT2D eigenvalue weighted by Crippen LogP contribution is -2.21. The van der Waals surface area contributed by atoms with Gasteiger partial charge in [-0.15, -0.1) is 11.3 Å². The number of carbonyl (C=O) groups excluding carboxylic acids is 1. The van der Waals surface area contributed by atoms with Crippen molar-refractivity contribution in [3.05, 3.63) is 41.5 Å². The number of nitrogens with one attached hydrogen (secondary N) is 2. The molecular formula is C15H10F3N3OS. The fourth-order valence-corrected chi connectivity index (χ4v) is 3.22. The van der Waals surface area contributed by atoms with E-state index in [-0.39, 0.29) is 4.88 Å². The van der Waals surface area contributed by atoms with Crippen LogP contribution in [-0.4, -0.2) is 27.6 Å². The van der Waals surface area contributed by atoms with E-state index < -0.39 is 24.1 Å². The van der Waals surface area contributed by atoms with E-state index in [0.29, 0.717) is 5.65 Å². The summed E-state index contributed by atoms with van der Waals surface area (Å²) in [4.78, 5) is 19.9. The number of aromatic nitrogens is 2. The Bertz CT molecular complexity index is 895. The van der Waals surface area contributed by atoms with E-state index >= 15 is 0 Å². The number of pyridine rings is 1. The fourth-order valence-electron chi connectivity index (χ4n) is 2.21. The molecule has 0 saturated heterocycles. The van der Waals surface area contributed by atoms with Crippen molar-refractivity contribution >= 4 is 33.9 Å². The smallest absolute Gasteiger partial charge is 0.346 e. The number of hydrogen-bond acceptors (Lipinski definition) is 4. The van der Waals surface area contributed by atoms with Crippen LogP contribution in [0.25, 0.3) is 21.5 Å². The molecule has 0 radical (unpaired) electrons. The molecule has 0 unspecified atom stereocenters. The van der Waals surface area contributed by atoms with Gasteiger partial charge in [-0.25, -0.2) is 4.98 Å². The SMILES string of the molecule is N=C(CC(F)(F)F)C(=O)c1ccc(-c2ccnc3[nH]ccc23)s1. The molecule has 118 valence electrons. The Labute approximate surface area is 132 Å². The van der Waals surface area contributed by atoms with Gasteiger partial charge in [-0.1, -0.05) is 0 Å². The van der Waals surface area contributed by atoms with Crippen LogP contribution in [0.4, 0.5) is 13.2 Å². The van der Waals surface area contributed by atoms with Gasteiger partial charge in [0.05, 0.1) is 17.0 Å². The van der Waals surface area contributed by atoms with Crippen LogP contribution in [0.15, 0.2) is 36.7 Å². The summed E-state index contributed by atoms with van der Waals surface area (Å²) in [5.74, 6) is -0.891. The maximum atomic E-state index is 12.3. The predicted octanol–water partition coefficient (Wildman–Crippen LogP) is 4.45. The minimum atomic E-state index is -4.56. The number of hydrogen-bond donors (Lipinski definition) is 2. The minimum Gasteiger partial charge on any atom is -0.346 e. The highest BCUT2D eigenvalue weighted by atomic mass is 32.1. The zero-order valence-electron chi connectivity index (χ0n) is 11.6. The molecule has 0 aromatic carbocycles. The number of nitrogens with zero attached hydrogens (tertiary/aromatic N) is 1. The highest BCUT2D eigenvalue weighted by Gasteiger charge is 2.32. The van der Waals surface area contributed by atoms with Gasteiger partial charge in [0.2, 0.25) is 5.78 Å². The highest BCUT2D eigenvalue weighted by Crippen LogP contribution is 2.33. The number of halogens is 3. The quantitative estimate of drug-likeness (QED) is 0.545. The molecule has 0 bridgehead atoms. The van der Waals surface area contributed by atoms with Gasteiger partial charge in [-0.3, -0.25) is 4.79 Å². The van der Waals surface area contributed by atoms with Gasteiger partial charge in [0.1, 0.15) is 5.65 Å². The second-order valence-electron chi connectivity index (χ2n) is 4.86. The molecule has 0 fully saturated rings. The van der Waals surface area contributed by atoms with Crippen LogP contribution in [-0.2, 0) is 0 Å². The minimum absolute atomic E-state index is 0.120. The van der Waals surface area contributed by atoms with Gasteiger partial charge in [0, 0.05) is 28.2 Å². The summed E-state index contributed by atoms with van der Waals surface area (Å²) in [5, 5.41) is 8.19. The number of H-pyrrole nitrogens is 1. The van der Waals surface area contributed by atoms with Gasteiger partial charge in [0.15, 0.2) is 0 Å². The molecule has 0 aliphatic heterocycles. The molecule has 0 aliphatic carbocycles. The number of rotatable bonds is 4. The monoisotopic (exact) mass is 337 g/mol. The number of ketones is 1. The Morgan fingerprint density at radius 3 is 2.78 bits per heavy atom. The van der Waals surface area contributed by atoms with E-state index in [9.17, 15) is 18.0 Å². The van der Waals surface area contributed by atoms with Crippen molar-refractivity contribution in [2.45, 2.75) is 12.6 Å². The van der Waals surface area contributed by atoms with Gasteiger partial charge >= 0.3 is 6.18 Å². The highest BCUT2D eigenvalue weighted by molar-refractivity contribution is 7.18. The molecular weight excluding hydrogens is 327 g/mol. The number of Topliss-reactive ketones (excluding diaryl/α,β-unsaturated/α-hetero) is 1. The number of aromatic amines is 1. The molecule has 0 atom stereocenters. The molecule has 3 aromatic rings. The molecule has 23 heavy (non-hydrogen) atoms. The van der Waals surface area contributed by atoms with E-state index in [2.05, 4.69) is 9.97 Å². The van der Waals surface area contributed by atoms with Crippen LogP contribution < -0.4 is 0 Å². The first-order valence-corrected chi connectivity index (χ1v) is 7.38. The van der Waals surface area contributed by atoms with Crippen LogP contribution >= 0.6 is 11.3 Å². The standard InChI is InChI=1S/C15H10F3N3OS/c16-15(17,18)7-10(19)13(22)12-2-1-11(23-12)8-3-5-20-14-9(8)4-6-21-14/h1-6,19H,7H2,(H,20,21). The molecule has 0 saturated carbocycles. The van der Waals surface area contributed by atoms with Gasteiger partial charge in [-0.2, -0.15) is 13.2 Å². The Hall–Kier alpha value is -2.48. The third-order valence-electron chi connectivity index (χ3n) is 3.21. The Balaban J connectivity index is 1.90. The Morgan fingerprint density at radius 1 is 1.26 bits per heavy atom. The van der Waals surface area contributed by atoms with Gasteiger partial charge < -0.3 is 10.4 Å². The summed E-state index contributed by atoms with van der Waals surface area (Å²) in [7, 11) is 0. The van der Waals surface area contributed by atoms with Gasteiger partial charge in [-0.05, 0) is 24.3 Å². The van der Waals surface area contributed by atoms with E-state index in [4.69, 9.17) is 5.41 Å². The molecule has 2 N–H and O–H groups in total. The number of carbonyl (C=O) groups is 1. The second kappa shape index (κ2) is 5.62. The van der Waals surface area contributed by atoms with Crippen molar-refractivity contribution in [1.82, 2.24) is 9.97 Å². The van der Waals surface area contributed by atoms with Crippen LogP contribution in [0, 0.1) is 5.41 Å². The van der Waals surface area contributed by atoms with E-state index in [1.807, 2.05) is 6.07 Å². The molecule has 3 aromatic heterocycles. The molecule has 0 spiro atoms. The van der Waals surface area contributed by atoms with Crippen molar-refractivity contribution in [3.8, 4) is 10.4 Å². The van der Waals surface area contributed by atoms with Crippen molar-refractivity contribution in [3.63, 3.8) is 0 Å². The summed E-state index contributed by atoms with van der Waals surface area (Å²) in [6.07, 6.45) is -2.73. The van der Waals surface area contributed by atoms with Crippen LogP contribution in [0.5, 0.6) is 0 Å². The Kier molecular flexibility index (Phi) is 3.77. The third-order valence-corrected chi connectivity index (χ3v) is 4.32. The molecule has 0 aliphatic rings. The normalized spacial score (nSPS) is 11.8. The van der Waals surface area contributed by atoms with Crippen molar-refractivity contribution in [2.75, 3.05) is 0 Å². The first kappa shape index (κ1) is 15.4. The summed E-state index contributed by atoms with van der Waals surface area (Å²) >= 11 is 1.07. The van der Waals surface area contributed by atoms with Crippen LogP contribution in [0.3, 0.4) is 0 Å². The van der Waals surface area contributed by atoms with Gasteiger partial charge in [0.25, 0.3) is 0 Å².